The number of hydrogen-bond acceptors (Lipinski definition) is 4. The topological polar surface area (TPSA) is 98.3 Å². The standard InChI is InChI=1S/C13H17F3N4O3S/c14-13(15,16)11-5-10(20(18-11)9-1-2-9)12(21)19-4-3-8(6-19)7-24(17,22)23/h5,8-9H,1-4,6-7H2,(H2,17,22,23). The molecule has 134 valence electrons. The van der Waals surface area contributed by atoms with Gasteiger partial charge in [-0.3, -0.25) is 9.48 Å². The first-order valence-electron chi connectivity index (χ1n) is 7.51. The van der Waals surface area contributed by atoms with E-state index < -0.39 is 27.8 Å². The number of sulfonamides is 1. The molecule has 0 spiro atoms. The van der Waals surface area contributed by atoms with Crippen LogP contribution in [0.2, 0.25) is 0 Å². The number of alkyl halides is 3. The Labute approximate surface area is 136 Å². The number of rotatable bonds is 4. The van der Waals surface area contributed by atoms with Crippen molar-refractivity contribution in [1.82, 2.24) is 14.7 Å². The first kappa shape index (κ1) is 17.2. The van der Waals surface area contributed by atoms with Gasteiger partial charge in [0, 0.05) is 19.2 Å². The Morgan fingerprint density at radius 1 is 1.33 bits per heavy atom. The zero-order valence-electron chi connectivity index (χ0n) is 12.7. The van der Waals surface area contributed by atoms with Gasteiger partial charge in [0.25, 0.3) is 5.91 Å². The van der Waals surface area contributed by atoms with Crippen LogP contribution in [0.4, 0.5) is 13.2 Å². The lowest BCUT2D eigenvalue weighted by molar-refractivity contribution is -0.141. The summed E-state index contributed by atoms with van der Waals surface area (Å²) in [6.45, 7) is 0.447. The van der Waals surface area contributed by atoms with E-state index in [1.54, 1.807) is 0 Å². The molecule has 24 heavy (non-hydrogen) atoms. The smallest absolute Gasteiger partial charge is 0.337 e. The molecule has 3 rings (SSSR count). The van der Waals surface area contributed by atoms with Crippen LogP contribution in [0.15, 0.2) is 6.07 Å². The van der Waals surface area contributed by atoms with Crippen molar-refractivity contribution in [3.63, 3.8) is 0 Å². The van der Waals surface area contributed by atoms with Crippen molar-refractivity contribution in [2.75, 3.05) is 18.8 Å². The molecule has 1 atom stereocenters. The lowest BCUT2D eigenvalue weighted by Gasteiger charge is -2.17. The number of likely N-dealkylation sites (tertiary alicyclic amines) is 1. The van der Waals surface area contributed by atoms with Crippen molar-refractivity contribution >= 4 is 15.9 Å². The molecule has 1 aliphatic carbocycles. The molecule has 1 unspecified atom stereocenters. The van der Waals surface area contributed by atoms with Crippen molar-refractivity contribution in [3.05, 3.63) is 17.5 Å². The number of nitrogens with zero attached hydrogens (tertiary/aromatic N) is 3. The minimum absolute atomic E-state index is 0.0962. The summed E-state index contributed by atoms with van der Waals surface area (Å²) in [5, 5.41) is 8.54. The van der Waals surface area contributed by atoms with Crippen LogP contribution in [-0.4, -0.2) is 47.8 Å². The van der Waals surface area contributed by atoms with E-state index in [0.717, 1.165) is 10.7 Å². The highest BCUT2D eigenvalue weighted by atomic mass is 32.2. The number of carbonyl (C=O) groups excluding carboxylic acids is 1. The molecule has 2 fully saturated rings. The number of carbonyl (C=O) groups is 1. The monoisotopic (exact) mass is 366 g/mol. The minimum Gasteiger partial charge on any atom is -0.337 e. The van der Waals surface area contributed by atoms with Gasteiger partial charge in [-0.15, -0.1) is 0 Å². The third kappa shape index (κ3) is 3.72. The number of primary sulfonamides is 1. The maximum absolute atomic E-state index is 12.9. The Morgan fingerprint density at radius 2 is 2.00 bits per heavy atom. The van der Waals surface area contributed by atoms with Crippen LogP contribution < -0.4 is 5.14 Å². The fourth-order valence-electron chi connectivity index (χ4n) is 2.93. The van der Waals surface area contributed by atoms with Crippen LogP contribution in [0.3, 0.4) is 0 Å². The first-order valence-corrected chi connectivity index (χ1v) is 9.22. The van der Waals surface area contributed by atoms with E-state index in [0.29, 0.717) is 19.3 Å². The molecule has 7 nitrogen and oxygen atoms in total. The summed E-state index contributed by atoms with van der Waals surface area (Å²) >= 11 is 0. The number of halogens is 3. The van der Waals surface area contributed by atoms with Crippen molar-refractivity contribution in [3.8, 4) is 0 Å². The molecule has 1 saturated carbocycles. The van der Waals surface area contributed by atoms with Gasteiger partial charge in [0.15, 0.2) is 5.69 Å². The maximum atomic E-state index is 12.9. The fourth-order valence-corrected chi connectivity index (χ4v) is 3.86. The molecule has 1 aliphatic heterocycles. The van der Waals surface area contributed by atoms with E-state index in [4.69, 9.17) is 5.14 Å². The van der Waals surface area contributed by atoms with Gasteiger partial charge in [-0.05, 0) is 25.2 Å². The molecule has 2 aliphatic rings. The lowest BCUT2D eigenvalue weighted by Crippen LogP contribution is -2.32. The molecule has 11 heteroatoms. The number of amides is 1. The van der Waals surface area contributed by atoms with Gasteiger partial charge < -0.3 is 4.90 Å². The second kappa shape index (κ2) is 5.73. The molecule has 2 N–H and O–H groups in total. The van der Waals surface area contributed by atoms with Crippen molar-refractivity contribution in [2.45, 2.75) is 31.5 Å². The largest absolute Gasteiger partial charge is 0.435 e. The summed E-state index contributed by atoms with van der Waals surface area (Å²) < 4.78 is 62.0. The predicted octanol–water partition coefficient (Wildman–Crippen LogP) is 0.987. The third-order valence-electron chi connectivity index (χ3n) is 4.18. The van der Waals surface area contributed by atoms with Gasteiger partial charge in [-0.25, -0.2) is 13.6 Å². The van der Waals surface area contributed by atoms with Crippen molar-refractivity contribution in [1.29, 1.82) is 0 Å². The van der Waals surface area contributed by atoms with E-state index in [2.05, 4.69) is 5.10 Å². The van der Waals surface area contributed by atoms with Crippen molar-refractivity contribution in [2.24, 2.45) is 11.1 Å². The molecule has 0 radical (unpaired) electrons. The minimum atomic E-state index is -4.61. The molecule has 1 aromatic rings. The van der Waals surface area contributed by atoms with E-state index in [1.807, 2.05) is 0 Å². The van der Waals surface area contributed by atoms with E-state index in [1.165, 1.54) is 4.90 Å². The second-order valence-electron chi connectivity index (χ2n) is 6.32. The Hall–Kier alpha value is -1.62. The molecule has 1 amide bonds. The summed E-state index contributed by atoms with van der Waals surface area (Å²) in [5.74, 6) is -1.10. The van der Waals surface area contributed by atoms with Crippen LogP contribution in [0.25, 0.3) is 0 Å². The third-order valence-corrected chi connectivity index (χ3v) is 5.12. The van der Waals surface area contributed by atoms with Crippen LogP contribution in [-0.2, 0) is 16.2 Å². The molecule has 1 saturated heterocycles. The van der Waals surface area contributed by atoms with Crippen LogP contribution >= 0.6 is 0 Å². The van der Waals surface area contributed by atoms with Gasteiger partial charge in [-0.1, -0.05) is 0 Å². The average molecular weight is 366 g/mol. The van der Waals surface area contributed by atoms with Crippen LogP contribution in [0.1, 0.15) is 41.5 Å². The van der Waals surface area contributed by atoms with Gasteiger partial charge in [0.2, 0.25) is 10.0 Å². The highest BCUT2D eigenvalue weighted by Crippen LogP contribution is 2.38. The zero-order chi connectivity index (χ0) is 17.7. The average Bonchev–Trinajstić information content (AvgIpc) is 3.00. The van der Waals surface area contributed by atoms with Gasteiger partial charge in [0.1, 0.15) is 5.69 Å². The summed E-state index contributed by atoms with van der Waals surface area (Å²) in [4.78, 5) is 13.9. The highest BCUT2D eigenvalue weighted by Gasteiger charge is 2.40. The fraction of sp³-hybridized carbons (Fsp3) is 0.692. The van der Waals surface area contributed by atoms with E-state index in [-0.39, 0.29) is 36.5 Å². The Balaban J connectivity index is 1.79. The van der Waals surface area contributed by atoms with Crippen LogP contribution in [0.5, 0.6) is 0 Å². The zero-order valence-corrected chi connectivity index (χ0v) is 13.5. The summed E-state index contributed by atoms with van der Waals surface area (Å²) in [7, 11) is -3.65. The van der Waals surface area contributed by atoms with Gasteiger partial charge >= 0.3 is 6.18 Å². The number of aromatic nitrogens is 2. The second-order valence-corrected chi connectivity index (χ2v) is 7.98. The molecule has 1 aromatic heterocycles. The molecule has 0 aromatic carbocycles. The van der Waals surface area contributed by atoms with Gasteiger partial charge in [0.05, 0.1) is 11.8 Å². The lowest BCUT2D eigenvalue weighted by atomic mass is 10.2. The van der Waals surface area contributed by atoms with Crippen molar-refractivity contribution < 1.29 is 26.4 Å². The molecular formula is C13H17F3N4O3S. The Bertz CT molecular complexity index is 755. The normalized spacial score (nSPS) is 22.2. The van der Waals surface area contributed by atoms with E-state index >= 15 is 0 Å². The summed E-state index contributed by atoms with van der Waals surface area (Å²) in [6, 6.07) is 0.594. The number of nitrogens with two attached hydrogens (primary N) is 1. The molecule has 2 heterocycles. The Kier molecular flexibility index (Phi) is 4.11. The summed E-state index contributed by atoms with van der Waals surface area (Å²) in [6.07, 6.45) is -2.79. The highest BCUT2D eigenvalue weighted by molar-refractivity contribution is 7.89. The van der Waals surface area contributed by atoms with E-state index in [9.17, 15) is 26.4 Å². The molecule has 0 bridgehead atoms. The quantitative estimate of drug-likeness (QED) is 0.859. The van der Waals surface area contributed by atoms with Gasteiger partial charge in [-0.2, -0.15) is 18.3 Å². The summed E-state index contributed by atoms with van der Waals surface area (Å²) in [5.41, 5.74) is -1.18. The van der Waals surface area contributed by atoms with Crippen LogP contribution in [0, 0.1) is 5.92 Å². The maximum Gasteiger partial charge on any atom is 0.435 e. The Morgan fingerprint density at radius 3 is 2.54 bits per heavy atom. The number of hydrogen-bond donors (Lipinski definition) is 1. The molecular weight excluding hydrogens is 349 g/mol. The predicted molar refractivity (Wildman–Crippen MR) is 77.5 cm³/mol. The SMILES string of the molecule is NS(=O)(=O)CC1CCN(C(=O)c2cc(C(F)(F)F)nn2C2CC2)C1. The first-order chi connectivity index (χ1) is 11.0.